The fourth-order valence-electron chi connectivity index (χ4n) is 0. The van der Waals surface area contributed by atoms with Crippen LogP contribution in [-0.4, -0.2) is 0 Å². The van der Waals surface area contributed by atoms with Gasteiger partial charge in [0, 0.05) is 0 Å². The van der Waals surface area contributed by atoms with Crippen LogP contribution in [0.15, 0.2) is 0 Å². The van der Waals surface area contributed by atoms with Gasteiger partial charge in [-0.2, -0.15) is 0 Å². The van der Waals surface area contributed by atoms with Gasteiger partial charge >= 0.3 is 33.9 Å². The maximum atomic E-state index is 2.37. The molecular formula is C3H9Cl2Ta. The Morgan fingerprint density at radius 2 is 0.833 bits per heavy atom. The van der Waals surface area contributed by atoms with Gasteiger partial charge in [0.05, 0.1) is 0 Å². The molecule has 0 radical (unpaired) electrons. The molecular weight excluding hydrogens is 288 g/mol. The third kappa shape index (κ3) is 57.0. The first-order valence-electron chi connectivity index (χ1n) is 1.34. The normalized spacial score (nSPS) is 4.50. The molecule has 0 bridgehead atoms. The van der Waals surface area contributed by atoms with Crippen LogP contribution in [0.4, 0.5) is 0 Å². The van der Waals surface area contributed by atoms with Crippen molar-refractivity contribution in [1.29, 1.82) is 0 Å². The Balaban J connectivity index is -0.0000000450. The first-order valence-corrected chi connectivity index (χ1v) is 11.0. The van der Waals surface area contributed by atoms with Gasteiger partial charge in [0.25, 0.3) is 0 Å². The number of halogens is 2. The van der Waals surface area contributed by atoms with Crippen molar-refractivity contribution < 1.29 is 43.3 Å². The molecule has 0 saturated heterocycles. The number of hydrogen-bond donors (Lipinski definition) is 0. The fraction of sp³-hybridized carbons (Fsp3) is 1.00. The molecule has 0 aliphatic heterocycles. The standard InChI is InChI=1S/3CH3.2ClH.Ta/h3*1H3;2*1H;/q;;;;;+2/p-2. The summed E-state index contributed by atoms with van der Waals surface area (Å²) < 4.78 is 0. The van der Waals surface area contributed by atoms with Gasteiger partial charge in [-0.25, -0.2) is 0 Å². The van der Waals surface area contributed by atoms with Crippen molar-refractivity contribution in [1.82, 2.24) is 0 Å². The second-order valence-electron chi connectivity index (χ2n) is 1.34. The van der Waals surface area contributed by atoms with Crippen LogP contribution in [-0.2, 0) is 18.4 Å². The summed E-state index contributed by atoms with van der Waals surface area (Å²) in [4.78, 5) is 0. The summed E-state index contributed by atoms with van der Waals surface area (Å²) in [6.07, 6.45) is 0. The zero-order chi connectivity index (χ0) is 3.58. The van der Waals surface area contributed by atoms with Gasteiger partial charge < -0.3 is 24.8 Å². The van der Waals surface area contributed by atoms with E-state index < -0.39 is 18.4 Å². The largest absolute Gasteiger partial charge is 1.00 e. The predicted octanol–water partition coefficient (Wildman–Crippen LogP) is -4.24. The SMILES string of the molecule is [CH3][Ta+2]([CH3])[CH3].[Cl-].[Cl-]. The number of hydrogen-bond acceptors (Lipinski definition) is 0. The number of rotatable bonds is 0. The Hall–Kier alpha value is 1.32. The predicted molar refractivity (Wildman–Crippen MR) is 17.6 cm³/mol. The molecule has 0 spiro atoms. The van der Waals surface area contributed by atoms with E-state index in [0.717, 1.165) is 0 Å². The summed E-state index contributed by atoms with van der Waals surface area (Å²) in [5.41, 5.74) is 0. The smallest absolute Gasteiger partial charge is 1.00 e. The van der Waals surface area contributed by atoms with Gasteiger partial charge in [-0.1, -0.05) is 0 Å². The van der Waals surface area contributed by atoms with Crippen molar-refractivity contribution in [3.8, 4) is 0 Å². The monoisotopic (exact) mass is 296 g/mol. The molecule has 6 heavy (non-hydrogen) atoms. The Bertz CT molecular complexity index is 13.5. The van der Waals surface area contributed by atoms with Crippen LogP contribution >= 0.6 is 0 Å². The van der Waals surface area contributed by atoms with E-state index in [1.165, 1.54) is 0 Å². The first kappa shape index (κ1) is 15.7. The van der Waals surface area contributed by atoms with Crippen LogP contribution in [0.1, 0.15) is 0 Å². The Morgan fingerprint density at radius 3 is 0.833 bits per heavy atom. The average molecular weight is 297 g/mol. The second kappa shape index (κ2) is 9.58. The Morgan fingerprint density at radius 1 is 0.833 bits per heavy atom. The maximum Gasteiger partial charge on any atom is -1.00 e. The Kier molecular flexibility index (Phi) is 25.0. The van der Waals surface area contributed by atoms with Gasteiger partial charge in [-0.05, 0) is 0 Å². The first-order chi connectivity index (χ1) is 1.73. The molecule has 0 aliphatic carbocycles. The molecule has 0 aliphatic rings. The van der Waals surface area contributed by atoms with Gasteiger partial charge in [0.2, 0.25) is 0 Å². The third-order valence-electron chi connectivity index (χ3n) is 0. The molecule has 0 aromatic carbocycles. The topological polar surface area (TPSA) is 0 Å². The molecule has 0 atom stereocenters. The minimum Gasteiger partial charge on any atom is -1.00 e. The molecule has 0 unspecified atom stereocenters. The summed E-state index contributed by atoms with van der Waals surface area (Å²) >= 11 is -0.593. The van der Waals surface area contributed by atoms with Gasteiger partial charge in [0.1, 0.15) is 0 Å². The summed E-state index contributed by atoms with van der Waals surface area (Å²) in [5, 5.41) is 7.11. The molecule has 3 heteroatoms. The third-order valence-corrected chi connectivity index (χ3v) is 0. The average Bonchev–Trinajstić information content (AvgIpc) is 0.811. The van der Waals surface area contributed by atoms with Crippen LogP contribution in [0.2, 0.25) is 15.4 Å². The van der Waals surface area contributed by atoms with E-state index in [9.17, 15) is 0 Å². The van der Waals surface area contributed by atoms with E-state index in [4.69, 9.17) is 0 Å². The van der Waals surface area contributed by atoms with Crippen molar-refractivity contribution in [2.24, 2.45) is 0 Å². The van der Waals surface area contributed by atoms with Crippen molar-refractivity contribution in [3.63, 3.8) is 0 Å². The molecule has 0 heterocycles. The minimum absolute atomic E-state index is 0. The summed E-state index contributed by atoms with van der Waals surface area (Å²) in [5.74, 6) is 0. The molecule has 0 amide bonds. The molecule has 0 N–H and O–H groups in total. The molecule has 0 aromatic rings. The van der Waals surface area contributed by atoms with Crippen LogP contribution < -0.4 is 24.8 Å². The van der Waals surface area contributed by atoms with Gasteiger partial charge in [-0.3, -0.25) is 0 Å². The molecule has 0 rings (SSSR count). The molecule has 0 nitrogen and oxygen atoms in total. The zero-order valence-electron chi connectivity index (χ0n) is 4.20. The fourth-order valence-corrected chi connectivity index (χ4v) is 0. The van der Waals surface area contributed by atoms with Crippen molar-refractivity contribution >= 4 is 0 Å². The minimum atomic E-state index is -0.593. The van der Waals surface area contributed by atoms with Crippen LogP contribution in [0, 0.1) is 0 Å². The second-order valence-corrected chi connectivity index (χ2v) is 11.0. The molecule has 0 aromatic heterocycles. The van der Waals surface area contributed by atoms with Gasteiger partial charge in [-0.15, -0.1) is 0 Å². The van der Waals surface area contributed by atoms with E-state index in [-0.39, 0.29) is 24.8 Å². The molecule has 0 fully saturated rings. The van der Waals surface area contributed by atoms with E-state index in [1.807, 2.05) is 0 Å². The van der Waals surface area contributed by atoms with Gasteiger partial charge in [0.15, 0.2) is 0 Å². The van der Waals surface area contributed by atoms with Crippen molar-refractivity contribution in [2.45, 2.75) is 15.4 Å². The summed E-state index contributed by atoms with van der Waals surface area (Å²) in [6.45, 7) is 0. The maximum absolute atomic E-state index is 2.37. The van der Waals surface area contributed by atoms with E-state index in [1.54, 1.807) is 0 Å². The van der Waals surface area contributed by atoms with E-state index >= 15 is 0 Å². The van der Waals surface area contributed by atoms with Crippen molar-refractivity contribution in [3.05, 3.63) is 0 Å². The summed E-state index contributed by atoms with van der Waals surface area (Å²) in [6, 6.07) is 0. The van der Waals surface area contributed by atoms with E-state index in [0.29, 0.717) is 0 Å². The van der Waals surface area contributed by atoms with Crippen LogP contribution in [0.3, 0.4) is 0 Å². The molecule has 0 saturated carbocycles. The quantitative estimate of drug-likeness (QED) is 0.425. The molecule has 40 valence electrons. The zero-order valence-corrected chi connectivity index (χ0v) is 8.93. The van der Waals surface area contributed by atoms with Crippen molar-refractivity contribution in [2.75, 3.05) is 0 Å². The van der Waals surface area contributed by atoms with Crippen LogP contribution in [0.25, 0.3) is 0 Å². The summed E-state index contributed by atoms with van der Waals surface area (Å²) in [7, 11) is 0. The van der Waals surface area contributed by atoms with Crippen LogP contribution in [0.5, 0.6) is 0 Å². The van der Waals surface area contributed by atoms with E-state index in [2.05, 4.69) is 15.4 Å². The Labute approximate surface area is 58.6 Å².